The van der Waals surface area contributed by atoms with Crippen LogP contribution < -0.4 is 5.32 Å². The van der Waals surface area contributed by atoms with Crippen LogP contribution in [0.3, 0.4) is 0 Å². The Bertz CT molecular complexity index is 154. The van der Waals surface area contributed by atoms with Gasteiger partial charge in [-0.15, -0.1) is 0 Å². The maximum atomic E-state index is 10.2. The van der Waals surface area contributed by atoms with E-state index in [1.54, 1.807) is 0 Å². The van der Waals surface area contributed by atoms with E-state index >= 15 is 0 Å². The zero-order valence-electron chi connectivity index (χ0n) is 6.99. The highest BCUT2D eigenvalue weighted by Crippen LogP contribution is 2.11. The van der Waals surface area contributed by atoms with Gasteiger partial charge in [0.05, 0.1) is 0 Å². The van der Waals surface area contributed by atoms with Crippen molar-refractivity contribution >= 4 is 5.97 Å². The van der Waals surface area contributed by atoms with E-state index in [1.165, 1.54) is 0 Å². The number of aliphatic carboxylic acids is 1. The molecule has 1 heterocycles. The minimum Gasteiger partial charge on any atom is -0.479 e. The fourth-order valence-corrected chi connectivity index (χ4v) is 1.49. The summed E-state index contributed by atoms with van der Waals surface area (Å²) in [5.41, 5.74) is 0. The van der Waals surface area contributed by atoms with E-state index in [4.69, 9.17) is 10.2 Å². The van der Waals surface area contributed by atoms with Gasteiger partial charge in [-0.05, 0) is 32.2 Å². The summed E-state index contributed by atoms with van der Waals surface area (Å²) in [5.74, 6) is -1.12. The fraction of sp³-hybridized carbons (Fsp3) is 0.875. The lowest BCUT2D eigenvalue weighted by Gasteiger charge is -2.10. The molecule has 70 valence electrons. The quantitative estimate of drug-likeness (QED) is 0.558. The van der Waals surface area contributed by atoms with E-state index in [0.717, 1.165) is 25.8 Å². The molecule has 0 bridgehead atoms. The fourth-order valence-electron chi connectivity index (χ4n) is 1.49. The van der Waals surface area contributed by atoms with Crippen LogP contribution in [-0.2, 0) is 4.79 Å². The Hall–Kier alpha value is -0.610. The first-order chi connectivity index (χ1) is 5.70. The molecule has 1 fully saturated rings. The van der Waals surface area contributed by atoms with Crippen LogP contribution in [0, 0.1) is 0 Å². The SMILES string of the molecule is O=C(O)C(O)CCC1CCCN1. The molecule has 0 aromatic heterocycles. The number of carboxylic acids is 1. The summed E-state index contributed by atoms with van der Waals surface area (Å²) in [5, 5.41) is 20.6. The molecular formula is C8H15NO3. The second-order valence-electron chi connectivity index (χ2n) is 3.22. The predicted molar refractivity (Wildman–Crippen MR) is 43.9 cm³/mol. The number of carboxylic acid groups (broad SMARTS) is 1. The van der Waals surface area contributed by atoms with Crippen molar-refractivity contribution in [3.63, 3.8) is 0 Å². The summed E-state index contributed by atoms with van der Waals surface area (Å²) < 4.78 is 0. The van der Waals surface area contributed by atoms with Gasteiger partial charge >= 0.3 is 5.97 Å². The third-order valence-corrected chi connectivity index (χ3v) is 2.24. The molecule has 2 atom stereocenters. The lowest BCUT2D eigenvalue weighted by atomic mass is 10.1. The van der Waals surface area contributed by atoms with Crippen molar-refractivity contribution in [3.8, 4) is 0 Å². The summed E-state index contributed by atoms with van der Waals surface area (Å²) in [6, 6.07) is 0.416. The van der Waals surface area contributed by atoms with Crippen LogP contribution in [0.1, 0.15) is 25.7 Å². The normalized spacial score (nSPS) is 25.6. The monoisotopic (exact) mass is 173 g/mol. The molecule has 0 aliphatic carbocycles. The van der Waals surface area contributed by atoms with Gasteiger partial charge < -0.3 is 15.5 Å². The minimum atomic E-state index is -1.19. The third kappa shape index (κ3) is 2.79. The topological polar surface area (TPSA) is 69.6 Å². The average molecular weight is 173 g/mol. The van der Waals surface area contributed by atoms with Gasteiger partial charge in [0.2, 0.25) is 0 Å². The number of aliphatic hydroxyl groups is 1. The van der Waals surface area contributed by atoms with Crippen molar-refractivity contribution < 1.29 is 15.0 Å². The molecule has 0 aromatic rings. The minimum absolute atomic E-state index is 0.354. The molecule has 0 radical (unpaired) electrons. The molecule has 3 N–H and O–H groups in total. The average Bonchev–Trinajstić information content (AvgIpc) is 2.51. The van der Waals surface area contributed by atoms with E-state index in [-0.39, 0.29) is 0 Å². The molecule has 1 rings (SSSR count). The molecular weight excluding hydrogens is 158 g/mol. The van der Waals surface area contributed by atoms with Crippen LogP contribution in [0.15, 0.2) is 0 Å². The number of carbonyl (C=O) groups is 1. The van der Waals surface area contributed by atoms with Crippen molar-refractivity contribution in [2.45, 2.75) is 37.8 Å². The summed E-state index contributed by atoms with van der Waals surface area (Å²) in [6.45, 7) is 1.02. The second-order valence-corrected chi connectivity index (χ2v) is 3.22. The third-order valence-electron chi connectivity index (χ3n) is 2.24. The van der Waals surface area contributed by atoms with Crippen molar-refractivity contribution in [2.24, 2.45) is 0 Å². The maximum Gasteiger partial charge on any atom is 0.332 e. The Morgan fingerprint density at radius 3 is 2.92 bits per heavy atom. The van der Waals surface area contributed by atoms with Gasteiger partial charge in [0.1, 0.15) is 0 Å². The zero-order chi connectivity index (χ0) is 8.97. The predicted octanol–water partition coefficient (Wildman–Crippen LogP) is -0.0359. The lowest BCUT2D eigenvalue weighted by Crippen LogP contribution is -2.26. The van der Waals surface area contributed by atoms with E-state index in [2.05, 4.69) is 5.32 Å². The van der Waals surface area contributed by atoms with Crippen LogP contribution in [0.5, 0.6) is 0 Å². The van der Waals surface area contributed by atoms with Crippen molar-refractivity contribution in [1.82, 2.24) is 5.32 Å². The van der Waals surface area contributed by atoms with Crippen LogP contribution in [0.2, 0.25) is 0 Å². The Balaban J connectivity index is 2.11. The Labute approximate surface area is 71.6 Å². The Kier molecular flexibility index (Phi) is 3.49. The first kappa shape index (κ1) is 9.48. The second kappa shape index (κ2) is 4.42. The summed E-state index contributed by atoms with van der Waals surface area (Å²) in [7, 11) is 0. The molecule has 0 spiro atoms. The van der Waals surface area contributed by atoms with Crippen molar-refractivity contribution in [1.29, 1.82) is 0 Å². The molecule has 4 nitrogen and oxygen atoms in total. The smallest absolute Gasteiger partial charge is 0.332 e. The Morgan fingerprint density at radius 2 is 2.42 bits per heavy atom. The molecule has 4 heteroatoms. The van der Waals surface area contributed by atoms with Gasteiger partial charge in [0, 0.05) is 6.04 Å². The maximum absolute atomic E-state index is 10.2. The lowest BCUT2D eigenvalue weighted by molar-refractivity contribution is -0.147. The number of rotatable bonds is 4. The van der Waals surface area contributed by atoms with E-state index in [9.17, 15) is 4.79 Å². The molecule has 1 saturated heterocycles. The van der Waals surface area contributed by atoms with Gasteiger partial charge in [-0.1, -0.05) is 0 Å². The van der Waals surface area contributed by atoms with Crippen LogP contribution in [0.25, 0.3) is 0 Å². The van der Waals surface area contributed by atoms with Crippen molar-refractivity contribution in [2.75, 3.05) is 6.54 Å². The first-order valence-corrected chi connectivity index (χ1v) is 4.34. The van der Waals surface area contributed by atoms with Gasteiger partial charge in [-0.2, -0.15) is 0 Å². The summed E-state index contributed by atoms with van der Waals surface area (Å²) >= 11 is 0. The largest absolute Gasteiger partial charge is 0.479 e. The molecule has 12 heavy (non-hydrogen) atoms. The molecule has 0 saturated carbocycles. The van der Waals surface area contributed by atoms with Crippen LogP contribution in [0.4, 0.5) is 0 Å². The van der Waals surface area contributed by atoms with Crippen LogP contribution in [-0.4, -0.2) is 34.9 Å². The molecule has 2 unspecified atom stereocenters. The standard InChI is InChI=1S/C8H15NO3/c10-7(8(11)12)4-3-6-2-1-5-9-6/h6-7,9-10H,1-5H2,(H,11,12). The molecule has 0 aromatic carbocycles. The van der Waals surface area contributed by atoms with Gasteiger partial charge in [0.15, 0.2) is 6.10 Å². The van der Waals surface area contributed by atoms with E-state index in [1.807, 2.05) is 0 Å². The molecule has 0 amide bonds. The highest BCUT2D eigenvalue weighted by molar-refractivity contribution is 5.71. The van der Waals surface area contributed by atoms with Gasteiger partial charge in [-0.3, -0.25) is 0 Å². The van der Waals surface area contributed by atoms with E-state index in [0.29, 0.717) is 12.5 Å². The molecule has 1 aliphatic rings. The summed E-state index contributed by atoms with van der Waals surface area (Å²) in [4.78, 5) is 10.2. The summed E-state index contributed by atoms with van der Waals surface area (Å²) in [6.07, 6.45) is 2.19. The number of hydrogen-bond donors (Lipinski definition) is 3. The Morgan fingerprint density at radius 1 is 1.67 bits per heavy atom. The first-order valence-electron chi connectivity index (χ1n) is 4.34. The zero-order valence-corrected chi connectivity index (χ0v) is 6.99. The highest BCUT2D eigenvalue weighted by atomic mass is 16.4. The van der Waals surface area contributed by atoms with Crippen molar-refractivity contribution in [3.05, 3.63) is 0 Å². The molecule has 1 aliphatic heterocycles. The van der Waals surface area contributed by atoms with E-state index < -0.39 is 12.1 Å². The van der Waals surface area contributed by atoms with Crippen LogP contribution >= 0.6 is 0 Å². The highest BCUT2D eigenvalue weighted by Gasteiger charge is 2.18. The van der Waals surface area contributed by atoms with Gasteiger partial charge in [0.25, 0.3) is 0 Å². The van der Waals surface area contributed by atoms with Gasteiger partial charge in [-0.25, -0.2) is 4.79 Å². The number of nitrogens with one attached hydrogen (secondary N) is 1. The number of hydrogen-bond acceptors (Lipinski definition) is 3. The number of aliphatic hydroxyl groups excluding tert-OH is 1.